The van der Waals surface area contributed by atoms with Crippen LogP contribution in [0.15, 0.2) is 76.3 Å². The molecule has 0 aliphatic heterocycles. The van der Waals surface area contributed by atoms with Crippen LogP contribution in [0.1, 0.15) is 27.2 Å². The maximum atomic E-state index is 12.7. The molecule has 0 fully saturated rings. The van der Waals surface area contributed by atoms with Crippen molar-refractivity contribution in [3.8, 4) is 0 Å². The lowest BCUT2D eigenvalue weighted by Crippen LogP contribution is -2.36. The van der Waals surface area contributed by atoms with Crippen molar-refractivity contribution < 1.29 is 4.79 Å². The fraction of sp³-hybridized carbons (Fsp3) is 0.136. The molecule has 3 rings (SSSR count). The molecule has 1 aromatic heterocycles. The monoisotopic (exact) mass is 436 g/mol. The molecule has 0 spiro atoms. The molecule has 2 N–H and O–H groups in total. The number of pyridine rings is 1. The molecule has 1 heterocycles. The van der Waals surface area contributed by atoms with Gasteiger partial charge in [-0.05, 0) is 67.4 Å². The minimum absolute atomic E-state index is 0.217. The number of halogens is 1. The van der Waals surface area contributed by atoms with E-state index in [9.17, 15) is 4.79 Å². The Hall–Kier alpha value is -2.99. The number of aliphatic imine (C=N–C) groups is 1. The molecule has 0 saturated heterocycles. The molecule has 6 heteroatoms. The molecule has 2 aromatic carbocycles. The molecule has 0 atom stereocenters. The maximum absolute atomic E-state index is 12.7. The predicted molar refractivity (Wildman–Crippen MR) is 117 cm³/mol. The molecule has 0 unspecified atom stereocenters. The number of guanidine groups is 1. The number of benzene rings is 2. The quantitative estimate of drug-likeness (QED) is 0.453. The van der Waals surface area contributed by atoms with E-state index in [0.717, 1.165) is 27.0 Å². The van der Waals surface area contributed by atoms with Gasteiger partial charge in [-0.1, -0.05) is 34.1 Å². The van der Waals surface area contributed by atoms with E-state index in [4.69, 9.17) is 0 Å². The fourth-order valence-corrected chi connectivity index (χ4v) is 2.93. The first-order valence-corrected chi connectivity index (χ1v) is 9.66. The standard InChI is InChI=1S/C22H21BrN4O/c1-15-9-10-17(12-16(15)2)21(28)27-22(25-14-20-7-3-4-11-24-20)26-19-8-5-6-18(23)13-19/h3-13H,14H2,1-2H3,(H2,25,26,27,28). The molecule has 28 heavy (non-hydrogen) atoms. The molecule has 0 radical (unpaired) electrons. The summed E-state index contributed by atoms with van der Waals surface area (Å²) >= 11 is 3.45. The summed E-state index contributed by atoms with van der Waals surface area (Å²) in [5, 5.41) is 6.05. The average molecular weight is 437 g/mol. The summed E-state index contributed by atoms with van der Waals surface area (Å²) in [5.74, 6) is 0.150. The van der Waals surface area contributed by atoms with Gasteiger partial charge in [0.2, 0.25) is 5.96 Å². The summed E-state index contributed by atoms with van der Waals surface area (Å²) in [5.41, 5.74) is 4.43. The lowest BCUT2D eigenvalue weighted by Gasteiger charge is -2.13. The third kappa shape index (κ3) is 5.50. The van der Waals surface area contributed by atoms with Crippen molar-refractivity contribution in [1.82, 2.24) is 10.3 Å². The number of rotatable bonds is 4. The summed E-state index contributed by atoms with van der Waals surface area (Å²) in [6.45, 7) is 4.36. The third-order valence-corrected chi connectivity index (χ3v) is 4.71. The van der Waals surface area contributed by atoms with Crippen molar-refractivity contribution in [1.29, 1.82) is 0 Å². The minimum Gasteiger partial charge on any atom is -0.326 e. The van der Waals surface area contributed by atoms with Gasteiger partial charge in [0.05, 0.1) is 12.2 Å². The number of carbonyl (C=O) groups excluding carboxylic acids is 1. The Morgan fingerprint density at radius 2 is 1.89 bits per heavy atom. The number of nitrogens with zero attached hydrogens (tertiary/aromatic N) is 2. The van der Waals surface area contributed by atoms with E-state index in [2.05, 4.69) is 36.5 Å². The van der Waals surface area contributed by atoms with Crippen molar-refractivity contribution in [2.24, 2.45) is 4.99 Å². The molecule has 0 saturated carbocycles. The second kappa shape index (κ2) is 9.28. The molecule has 0 aliphatic carbocycles. The van der Waals surface area contributed by atoms with Crippen LogP contribution in [0.3, 0.4) is 0 Å². The normalized spacial score (nSPS) is 11.2. The van der Waals surface area contributed by atoms with Crippen LogP contribution in [0.25, 0.3) is 0 Å². The van der Waals surface area contributed by atoms with Gasteiger partial charge >= 0.3 is 0 Å². The van der Waals surface area contributed by atoms with Gasteiger partial charge in [-0.25, -0.2) is 4.99 Å². The Labute approximate surface area is 173 Å². The van der Waals surface area contributed by atoms with E-state index in [1.54, 1.807) is 6.20 Å². The average Bonchev–Trinajstić information content (AvgIpc) is 2.69. The lowest BCUT2D eigenvalue weighted by molar-refractivity contribution is 0.0977. The van der Waals surface area contributed by atoms with Crippen LogP contribution < -0.4 is 10.6 Å². The highest BCUT2D eigenvalue weighted by atomic mass is 79.9. The van der Waals surface area contributed by atoms with E-state index in [0.29, 0.717) is 18.1 Å². The van der Waals surface area contributed by atoms with Gasteiger partial charge in [0.1, 0.15) is 0 Å². The van der Waals surface area contributed by atoms with Crippen LogP contribution in [0.2, 0.25) is 0 Å². The van der Waals surface area contributed by atoms with Gasteiger partial charge in [0.15, 0.2) is 0 Å². The summed E-state index contributed by atoms with van der Waals surface area (Å²) in [4.78, 5) is 21.5. The van der Waals surface area contributed by atoms with Crippen molar-refractivity contribution in [2.45, 2.75) is 20.4 Å². The number of hydrogen-bond acceptors (Lipinski definition) is 3. The maximum Gasteiger partial charge on any atom is 0.257 e. The zero-order valence-corrected chi connectivity index (χ0v) is 17.3. The summed E-state index contributed by atoms with van der Waals surface area (Å²) < 4.78 is 0.932. The van der Waals surface area contributed by atoms with Crippen molar-refractivity contribution in [3.05, 3.63) is 93.7 Å². The first-order chi connectivity index (χ1) is 13.5. The summed E-state index contributed by atoms with van der Waals surface area (Å²) in [7, 11) is 0. The lowest BCUT2D eigenvalue weighted by atomic mass is 10.1. The Morgan fingerprint density at radius 1 is 1.04 bits per heavy atom. The first-order valence-electron chi connectivity index (χ1n) is 8.87. The Kier molecular flexibility index (Phi) is 6.55. The Bertz CT molecular complexity index is 1000. The summed E-state index contributed by atoms with van der Waals surface area (Å²) in [6, 6.07) is 19.0. The number of aromatic nitrogens is 1. The van der Waals surface area contributed by atoms with Crippen LogP contribution in [-0.2, 0) is 6.54 Å². The topological polar surface area (TPSA) is 66.4 Å². The molecule has 0 bridgehead atoms. The third-order valence-electron chi connectivity index (χ3n) is 4.21. The second-order valence-corrected chi connectivity index (χ2v) is 7.29. The van der Waals surface area contributed by atoms with Crippen LogP contribution in [-0.4, -0.2) is 16.9 Å². The van der Waals surface area contributed by atoms with Crippen molar-refractivity contribution in [3.63, 3.8) is 0 Å². The molecule has 142 valence electrons. The van der Waals surface area contributed by atoms with E-state index < -0.39 is 0 Å². The Balaban J connectivity index is 1.82. The Morgan fingerprint density at radius 3 is 2.61 bits per heavy atom. The molecule has 1 amide bonds. The van der Waals surface area contributed by atoms with Gasteiger partial charge in [-0.3, -0.25) is 15.1 Å². The molecule has 5 nitrogen and oxygen atoms in total. The SMILES string of the molecule is Cc1ccc(C(=O)NC(=NCc2ccccn2)Nc2cccc(Br)c2)cc1C. The highest BCUT2D eigenvalue weighted by Crippen LogP contribution is 2.16. The number of carbonyl (C=O) groups is 1. The summed E-state index contributed by atoms with van der Waals surface area (Å²) in [6.07, 6.45) is 1.72. The van der Waals surface area contributed by atoms with Gasteiger partial charge < -0.3 is 5.32 Å². The van der Waals surface area contributed by atoms with Crippen LogP contribution in [0.5, 0.6) is 0 Å². The first kappa shape index (κ1) is 19.8. The highest BCUT2D eigenvalue weighted by molar-refractivity contribution is 9.10. The van der Waals surface area contributed by atoms with Gasteiger partial charge in [-0.15, -0.1) is 0 Å². The number of anilines is 1. The molecular formula is C22H21BrN4O. The smallest absolute Gasteiger partial charge is 0.257 e. The number of aryl methyl sites for hydroxylation is 2. The van der Waals surface area contributed by atoms with Crippen LogP contribution in [0.4, 0.5) is 5.69 Å². The molecular weight excluding hydrogens is 416 g/mol. The van der Waals surface area contributed by atoms with Crippen LogP contribution >= 0.6 is 15.9 Å². The van der Waals surface area contributed by atoms with E-state index in [-0.39, 0.29) is 5.91 Å². The van der Waals surface area contributed by atoms with Gasteiger partial charge in [0, 0.05) is 21.9 Å². The zero-order valence-electron chi connectivity index (χ0n) is 15.7. The van der Waals surface area contributed by atoms with Gasteiger partial charge in [-0.2, -0.15) is 0 Å². The zero-order chi connectivity index (χ0) is 19.9. The highest BCUT2D eigenvalue weighted by Gasteiger charge is 2.11. The number of nitrogens with one attached hydrogen (secondary N) is 2. The fourth-order valence-electron chi connectivity index (χ4n) is 2.53. The molecule has 0 aliphatic rings. The minimum atomic E-state index is -0.217. The predicted octanol–water partition coefficient (Wildman–Crippen LogP) is 4.86. The van der Waals surface area contributed by atoms with Crippen LogP contribution in [0, 0.1) is 13.8 Å². The second-order valence-electron chi connectivity index (χ2n) is 6.37. The van der Waals surface area contributed by atoms with E-state index >= 15 is 0 Å². The van der Waals surface area contributed by atoms with E-state index in [1.165, 1.54) is 0 Å². The van der Waals surface area contributed by atoms with Crippen molar-refractivity contribution in [2.75, 3.05) is 5.32 Å². The number of hydrogen-bond donors (Lipinski definition) is 2. The number of amides is 1. The molecule has 3 aromatic rings. The van der Waals surface area contributed by atoms with Gasteiger partial charge in [0.25, 0.3) is 5.91 Å². The van der Waals surface area contributed by atoms with Crippen molar-refractivity contribution >= 4 is 33.5 Å². The largest absolute Gasteiger partial charge is 0.326 e. The van der Waals surface area contributed by atoms with E-state index in [1.807, 2.05) is 74.5 Å².